The monoisotopic (exact) mass is 213 g/mol. The maximum absolute atomic E-state index is 8.36. The number of nitrogens with one attached hydrogen (secondary N) is 1. The Bertz CT molecular complexity index is 298. The Morgan fingerprint density at radius 1 is 1.80 bits per heavy atom. The van der Waals surface area contributed by atoms with Crippen molar-refractivity contribution in [2.24, 2.45) is 10.9 Å². The number of rotatable bonds is 6. The number of aromatic nitrogens is 2. The highest BCUT2D eigenvalue weighted by atomic mass is 16.5. The van der Waals surface area contributed by atoms with Crippen LogP contribution in [0.3, 0.4) is 0 Å². The number of nitrogens with zero attached hydrogens (tertiary/aromatic N) is 3. The van der Waals surface area contributed by atoms with Crippen LogP contribution in [0.2, 0.25) is 0 Å². The second-order valence-electron chi connectivity index (χ2n) is 3.25. The molecule has 0 amide bonds. The first kappa shape index (κ1) is 11.4. The molecule has 15 heavy (non-hydrogen) atoms. The summed E-state index contributed by atoms with van der Waals surface area (Å²) in [7, 11) is 0. The van der Waals surface area contributed by atoms with Gasteiger partial charge in [0.05, 0.1) is 0 Å². The van der Waals surface area contributed by atoms with E-state index in [1.165, 1.54) is 6.39 Å². The summed E-state index contributed by atoms with van der Waals surface area (Å²) in [6, 6.07) is 0.146. The molecule has 0 saturated carbocycles. The summed E-state index contributed by atoms with van der Waals surface area (Å²) in [5, 5.41) is 18.1. The fourth-order valence-electron chi connectivity index (χ4n) is 1.16. The molecule has 7 nitrogen and oxygen atoms in total. The van der Waals surface area contributed by atoms with Gasteiger partial charge in [0.1, 0.15) is 5.84 Å². The van der Waals surface area contributed by atoms with Crippen molar-refractivity contribution in [1.29, 1.82) is 0 Å². The van der Waals surface area contributed by atoms with Crippen molar-refractivity contribution >= 4 is 5.84 Å². The van der Waals surface area contributed by atoms with Gasteiger partial charge in [-0.1, -0.05) is 10.3 Å². The molecule has 1 rings (SSSR count). The van der Waals surface area contributed by atoms with Gasteiger partial charge in [0.15, 0.2) is 5.82 Å². The second-order valence-corrected chi connectivity index (χ2v) is 3.25. The van der Waals surface area contributed by atoms with Gasteiger partial charge >= 0.3 is 0 Å². The van der Waals surface area contributed by atoms with Gasteiger partial charge in [0, 0.05) is 25.4 Å². The topological polar surface area (TPSA) is 110 Å². The molecular weight excluding hydrogens is 198 g/mol. The summed E-state index contributed by atoms with van der Waals surface area (Å²) in [4.78, 5) is 3.88. The number of oxime groups is 1. The molecule has 0 radical (unpaired) electrons. The van der Waals surface area contributed by atoms with Crippen molar-refractivity contribution < 1.29 is 9.73 Å². The zero-order valence-electron chi connectivity index (χ0n) is 8.55. The van der Waals surface area contributed by atoms with Crippen LogP contribution in [-0.2, 0) is 6.42 Å². The van der Waals surface area contributed by atoms with Gasteiger partial charge in [-0.25, -0.2) is 0 Å². The van der Waals surface area contributed by atoms with Crippen LogP contribution in [0.1, 0.15) is 19.2 Å². The molecule has 1 atom stereocenters. The standard InChI is InChI=1S/C8H15N5O2/c1-6(4-7(9)12-14)10-3-2-8-11-5-15-13-8/h5-6,10,14H,2-4H2,1H3,(H2,9,12). The lowest BCUT2D eigenvalue weighted by Crippen LogP contribution is -2.32. The first-order chi connectivity index (χ1) is 7.22. The first-order valence-electron chi connectivity index (χ1n) is 4.67. The zero-order chi connectivity index (χ0) is 11.1. The van der Waals surface area contributed by atoms with Crippen LogP contribution in [0.15, 0.2) is 16.1 Å². The van der Waals surface area contributed by atoms with E-state index >= 15 is 0 Å². The SMILES string of the molecule is CC(CC(N)=NO)NCCc1ncon1. The number of hydrogen-bond donors (Lipinski definition) is 3. The average molecular weight is 213 g/mol. The van der Waals surface area contributed by atoms with Crippen molar-refractivity contribution in [2.45, 2.75) is 25.8 Å². The molecule has 1 heterocycles. The molecule has 1 unspecified atom stereocenters. The van der Waals surface area contributed by atoms with Crippen LogP contribution in [0.4, 0.5) is 0 Å². The van der Waals surface area contributed by atoms with Crippen LogP contribution in [0.5, 0.6) is 0 Å². The van der Waals surface area contributed by atoms with E-state index in [1.807, 2.05) is 6.92 Å². The lowest BCUT2D eigenvalue weighted by Gasteiger charge is -2.11. The molecule has 0 bridgehead atoms. The summed E-state index contributed by atoms with van der Waals surface area (Å²) < 4.78 is 4.59. The lowest BCUT2D eigenvalue weighted by atomic mass is 10.2. The fraction of sp³-hybridized carbons (Fsp3) is 0.625. The van der Waals surface area contributed by atoms with Gasteiger partial charge < -0.3 is 20.8 Å². The van der Waals surface area contributed by atoms with E-state index < -0.39 is 0 Å². The zero-order valence-corrected chi connectivity index (χ0v) is 8.55. The van der Waals surface area contributed by atoms with Gasteiger partial charge in [0.2, 0.25) is 6.39 Å². The van der Waals surface area contributed by atoms with Gasteiger partial charge in [-0.15, -0.1) is 0 Å². The molecule has 0 spiro atoms. The van der Waals surface area contributed by atoms with Gasteiger partial charge in [-0.2, -0.15) is 4.98 Å². The molecule has 0 saturated heterocycles. The van der Waals surface area contributed by atoms with E-state index in [1.54, 1.807) is 0 Å². The Kier molecular flexibility index (Phi) is 4.55. The highest BCUT2D eigenvalue weighted by molar-refractivity contribution is 5.80. The highest BCUT2D eigenvalue weighted by Gasteiger charge is 2.05. The predicted octanol–water partition coefficient (Wildman–Crippen LogP) is -0.273. The minimum Gasteiger partial charge on any atom is -0.409 e. The quantitative estimate of drug-likeness (QED) is 0.259. The largest absolute Gasteiger partial charge is 0.409 e. The third kappa shape index (κ3) is 4.41. The van der Waals surface area contributed by atoms with E-state index in [9.17, 15) is 0 Å². The van der Waals surface area contributed by atoms with Gasteiger partial charge in [0.25, 0.3) is 0 Å². The minimum absolute atomic E-state index is 0.146. The molecule has 4 N–H and O–H groups in total. The molecule has 0 aliphatic carbocycles. The van der Waals surface area contributed by atoms with Crippen molar-refractivity contribution in [3.63, 3.8) is 0 Å². The third-order valence-electron chi connectivity index (χ3n) is 1.89. The van der Waals surface area contributed by atoms with Crippen molar-refractivity contribution in [1.82, 2.24) is 15.5 Å². The van der Waals surface area contributed by atoms with Crippen LogP contribution >= 0.6 is 0 Å². The summed E-state index contributed by atoms with van der Waals surface area (Å²) in [6.45, 7) is 2.67. The Morgan fingerprint density at radius 3 is 3.20 bits per heavy atom. The molecule has 0 aromatic carbocycles. The third-order valence-corrected chi connectivity index (χ3v) is 1.89. The molecule has 84 valence electrons. The lowest BCUT2D eigenvalue weighted by molar-refractivity contribution is 0.316. The Labute approximate surface area is 87.3 Å². The van der Waals surface area contributed by atoms with Crippen LogP contribution in [0.25, 0.3) is 0 Å². The summed E-state index contributed by atoms with van der Waals surface area (Å²) in [5.41, 5.74) is 5.36. The van der Waals surface area contributed by atoms with Crippen molar-refractivity contribution in [3.8, 4) is 0 Å². The van der Waals surface area contributed by atoms with Crippen LogP contribution in [-0.4, -0.2) is 33.8 Å². The van der Waals surface area contributed by atoms with Gasteiger partial charge in [-0.3, -0.25) is 0 Å². The fourth-order valence-corrected chi connectivity index (χ4v) is 1.16. The minimum atomic E-state index is 0.146. The average Bonchev–Trinajstić information content (AvgIpc) is 2.70. The smallest absolute Gasteiger partial charge is 0.213 e. The number of hydrogen-bond acceptors (Lipinski definition) is 6. The molecule has 0 aliphatic rings. The summed E-state index contributed by atoms with van der Waals surface area (Å²) in [5.74, 6) is 0.882. The first-order valence-corrected chi connectivity index (χ1v) is 4.67. The highest BCUT2D eigenvalue weighted by Crippen LogP contribution is 1.92. The van der Waals surface area contributed by atoms with E-state index in [4.69, 9.17) is 10.9 Å². The maximum atomic E-state index is 8.36. The molecule has 0 fully saturated rings. The number of amidine groups is 1. The van der Waals surface area contributed by atoms with Crippen molar-refractivity contribution in [2.75, 3.05) is 6.54 Å². The Hall–Kier alpha value is -1.63. The normalized spacial score (nSPS) is 14.1. The molecular formula is C8H15N5O2. The molecule has 7 heteroatoms. The molecule has 1 aromatic rings. The van der Waals surface area contributed by atoms with Crippen LogP contribution in [0, 0.1) is 0 Å². The number of nitrogens with two attached hydrogens (primary N) is 1. The van der Waals surface area contributed by atoms with Gasteiger partial charge in [-0.05, 0) is 6.92 Å². The Morgan fingerprint density at radius 2 is 2.60 bits per heavy atom. The van der Waals surface area contributed by atoms with E-state index in [0.717, 1.165) is 6.54 Å². The Balaban J connectivity index is 2.14. The van der Waals surface area contributed by atoms with Crippen LogP contribution < -0.4 is 11.1 Å². The van der Waals surface area contributed by atoms with Crippen molar-refractivity contribution in [3.05, 3.63) is 12.2 Å². The molecule has 0 aliphatic heterocycles. The van der Waals surface area contributed by atoms with E-state index in [0.29, 0.717) is 18.7 Å². The molecule has 1 aromatic heterocycles. The maximum Gasteiger partial charge on any atom is 0.213 e. The second kappa shape index (κ2) is 5.97. The summed E-state index contributed by atoms with van der Waals surface area (Å²) in [6.07, 6.45) is 2.49. The van der Waals surface area contributed by atoms with E-state index in [2.05, 4.69) is 25.1 Å². The summed E-state index contributed by atoms with van der Waals surface area (Å²) >= 11 is 0. The predicted molar refractivity (Wildman–Crippen MR) is 53.5 cm³/mol. The van der Waals surface area contributed by atoms with E-state index in [-0.39, 0.29) is 11.9 Å².